The standard InChI is InChI=1S/C15H21N3O2S/c1-4-17(5-2)10-11-21-15-16-13-9-7-6-8-12(13)14(19)18(15)20-3/h6-9H,4-5,10-11H2,1-3H3/p+1. The second-order valence-electron chi connectivity index (χ2n) is 4.75. The summed E-state index contributed by atoms with van der Waals surface area (Å²) in [4.78, 5) is 23.7. The number of para-hydroxylation sites is 1. The summed E-state index contributed by atoms with van der Waals surface area (Å²) >= 11 is 1.57. The van der Waals surface area contributed by atoms with Crippen LogP contribution in [0, 0.1) is 0 Å². The van der Waals surface area contributed by atoms with E-state index in [0.29, 0.717) is 16.1 Å². The Labute approximate surface area is 128 Å². The molecular weight excluding hydrogens is 286 g/mol. The number of rotatable bonds is 7. The smallest absolute Gasteiger partial charge is 0.295 e. The van der Waals surface area contributed by atoms with E-state index in [1.807, 2.05) is 18.2 Å². The summed E-state index contributed by atoms with van der Waals surface area (Å²) in [6, 6.07) is 7.35. The maximum absolute atomic E-state index is 12.4. The quantitative estimate of drug-likeness (QED) is 0.597. The molecule has 1 aromatic carbocycles. The zero-order chi connectivity index (χ0) is 15.2. The predicted octanol–water partition coefficient (Wildman–Crippen LogP) is 0.472. The maximum atomic E-state index is 12.4. The van der Waals surface area contributed by atoms with Crippen LogP contribution in [0.25, 0.3) is 10.9 Å². The summed E-state index contributed by atoms with van der Waals surface area (Å²) in [6.07, 6.45) is 0. The molecule has 6 heteroatoms. The summed E-state index contributed by atoms with van der Waals surface area (Å²) in [5, 5.41) is 1.20. The van der Waals surface area contributed by atoms with Crippen LogP contribution in [-0.2, 0) is 0 Å². The van der Waals surface area contributed by atoms with Gasteiger partial charge in [-0.05, 0) is 26.0 Å². The fraction of sp³-hybridized carbons (Fsp3) is 0.467. The van der Waals surface area contributed by atoms with Gasteiger partial charge in [-0.3, -0.25) is 4.79 Å². The normalized spacial score (nSPS) is 11.2. The lowest BCUT2D eigenvalue weighted by Crippen LogP contribution is -3.11. The summed E-state index contributed by atoms with van der Waals surface area (Å²) in [7, 11) is 1.50. The molecule has 0 atom stereocenters. The van der Waals surface area contributed by atoms with Gasteiger partial charge in [-0.15, -0.1) is 4.73 Å². The number of thioether (sulfide) groups is 1. The Morgan fingerprint density at radius 3 is 2.67 bits per heavy atom. The molecule has 0 spiro atoms. The van der Waals surface area contributed by atoms with Crippen LogP contribution in [-0.4, -0.2) is 42.2 Å². The molecule has 0 aliphatic carbocycles. The molecule has 0 bridgehead atoms. The number of aromatic nitrogens is 2. The van der Waals surface area contributed by atoms with Crippen LogP contribution in [0.15, 0.2) is 34.2 Å². The lowest BCUT2D eigenvalue weighted by molar-refractivity contribution is -0.893. The van der Waals surface area contributed by atoms with Gasteiger partial charge in [0, 0.05) is 0 Å². The van der Waals surface area contributed by atoms with E-state index in [2.05, 4.69) is 18.8 Å². The van der Waals surface area contributed by atoms with Gasteiger partial charge in [-0.2, -0.15) is 0 Å². The highest BCUT2D eigenvalue weighted by Crippen LogP contribution is 2.16. The molecule has 0 fully saturated rings. The van der Waals surface area contributed by atoms with Crippen molar-refractivity contribution in [2.45, 2.75) is 19.0 Å². The van der Waals surface area contributed by atoms with Gasteiger partial charge < -0.3 is 9.74 Å². The van der Waals surface area contributed by atoms with Gasteiger partial charge in [-0.25, -0.2) is 4.98 Å². The molecule has 0 radical (unpaired) electrons. The molecule has 1 heterocycles. The molecule has 0 saturated heterocycles. The van der Waals surface area contributed by atoms with Crippen molar-refractivity contribution in [1.82, 2.24) is 9.71 Å². The van der Waals surface area contributed by atoms with Gasteiger partial charge in [-0.1, -0.05) is 23.9 Å². The first-order chi connectivity index (χ1) is 10.2. The fourth-order valence-corrected chi connectivity index (χ4v) is 3.25. The third-order valence-electron chi connectivity index (χ3n) is 3.58. The highest BCUT2D eigenvalue weighted by molar-refractivity contribution is 7.99. The van der Waals surface area contributed by atoms with Crippen molar-refractivity contribution in [2.75, 3.05) is 32.5 Å². The highest BCUT2D eigenvalue weighted by atomic mass is 32.2. The van der Waals surface area contributed by atoms with Crippen molar-refractivity contribution in [1.29, 1.82) is 0 Å². The van der Waals surface area contributed by atoms with E-state index in [4.69, 9.17) is 4.84 Å². The van der Waals surface area contributed by atoms with Crippen molar-refractivity contribution in [3.63, 3.8) is 0 Å². The Balaban J connectivity index is 2.24. The first-order valence-corrected chi connectivity index (χ1v) is 8.22. The van der Waals surface area contributed by atoms with Gasteiger partial charge in [0.1, 0.15) is 7.11 Å². The SMILES string of the molecule is CC[NH+](CC)CCSc1nc2ccccc2c(=O)n1OC. The van der Waals surface area contributed by atoms with Crippen LogP contribution < -0.4 is 15.3 Å². The van der Waals surface area contributed by atoms with Crippen molar-refractivity contribution in [2.24, 2.45) is 0 Å². The van der Waals surface area contributed by atoms with Gasteiger partial charge in [0.2, 0.25) is 5.16 Å². The Morgan fingerprint density at radius 1 is 1.29 bits per heavy atom. The third-order valence-corrected chi connectivity index (χ3v) is 4.50. The second kappa shape index (κ2) is 7.47. The van der Waals surface area contributed by atoms with E-state index < -0.39 is 0 Å². The Kier molecular flexibility index (Phi) is 5.64. The Hall–Kier alpha value is -1.53. The lowest BCUT2D eigenvalue weighted by atomic mass is 10.2. The minimum absolute atomic E-state index is 0.152. The number of nitrogens with one attached hydrogen (secondary N) is 1. The molecule has 0 aliphatic rings. The molecule has 2 aromatic rings. The fourth-order valence-electron chi connectivity index (χ4n) is 2.24. The maximum Gasteiger partial charge on any atom is 0.295 e. The molecular formula is C15H22N3O2S+. The van der Waals surface area contributed by atoms with Gasteiger partial charge in [0.25, 0.3) is 5.56 Å². The van der Waals surface area contributed by atoms with Crippen LogP contribution in [0.2, 0.25) is 0 Å². The van der Waals surface area contributed by atoms with Crippen LogP contribution >= 0.6 is 11.8 Å². The zero-order valence-electron chi connectivity index (χ0n) is 12.8. The number of hydrogen-bond donors (Lipinski definition) is 1. The minimum Gasteiger partial charge on any atom is -0.411 e. The monoisotopic (exact) mass is 308 g/mol. The van der Waals surface area contributed by atoms with Crippen molar-refractivity contribution in [3.05, 3.63) is 34.6 Å². The van der Waals surface area contributed by atoms with E-state index >= 15 is 0 Å². The number of quaternary nitrogens is 1. The molecule has 0 amide bonds. The molecule has 114 valence electrons. The molecule has 0 saturated carbocycles. The summed E-state index contributed by atoms with van der Waals surface area (Å²) in [5.74, 6) is 0.908. The topological polar surface area (TPSA) is 48.6 Å². The minimum atomic E-state index is -0.152. The van der Waals surface area contributed by atoms with Crippen LogP contribution in [0.5, 0.6) is 0 Å². The molecule has 1 N–H and O–H groups in total. The van der Waals surface area contributed by atoms with E-state index in [9.17, 15) is 4.79 Å². The number of nitrogens with zero attached hydrogens (tertiary/aromatic N) is 2. The molecule has 1 aromatic heterocycles. The van der Waals surface area contributed by atoms with Gasteiger partial charge >= 0.3 is 0 Å². The highest BCUT2D eigenvalue weighted by Gasteiger charge is 2.12. The van der Waals surface area contributed by atoms with E-state index in [1.165, 1.54) is 16.7 Å². The number of benzene rings is 1. The first-order valence-electron chi connectivity index (χ1n) is 7.23. The zero-order valence-corrected chi connectivity index (χ0v) is 13.6. The molecule has 21 heavy (non-hydrogen) atoms. The van der Waals surface area contributed by atoms with Crippen molar-refractivity contribution >= 4 is 22.7 Å². The number of hydrogen-bond acceptors (Lipinski definition) is 4. The van der Waals surface area contributed by atoms with E-state index in [1.54, 1.807) is 17.8 Å². The molecule has 0 aliphatic heterocycles. The van der Waals surface area contributed by atoms with Crippen LogP contribution in [0.4, 0.5) is 0 Å². The lowest BCUT2D eigenvalue weighted by Gasteiger charge is -2.15. The van der Waals surface area contributed by atoms with E-state index in [-0.39, 0.29) is 5.56 Å². The molecule has 0 unspecified atom stereocenters. The summed E-state index contributed by atoms with van der Waals surface area (Å²) < 4.78 is 1.28. The average Bonchev–Trinajstić information content (AvgIpc) is 2.52. The second-order valence-corrected chi connectivity index (χ2v) is 5.81. The largest absolute Gasteiger partial charge is 0.411 e. The van der Waals surface area contributed by atoms with Crippen molar-refractivity contribution < 1.29 is 9.74 Å². The van der Waals surface area contributed by atoms with Gasteiger partial charge in [0.15, 0.2) is 0 Å². The number of fused-ring (bicyclic) bond motifs is 1. The third kappa shape index (κ3) is 3.57. The predicted molar refractivity (Wildman–Crippen MR) is 86.1 cm³/mol. The Morgan fingerprint density at radius 2 is 2.00 bits per heavy atom. The average molecular weight is 308 g/mol. The van der Waals surface area contributed by atoms with Crippen LogP contribution in [0.3, 0.4) is 0 Å². The molecule has 5 nitrogen and oxygen atoms in total. The Bertz CT molecular complexity index is 653. The van der Waals surface area contributed by atoms with Gasteiger partial charge in [0.05, 0.1) is 36.3 Å². The van der Waals surface area contributed by atoms with Crippen molar-refractivity contribution in [3.8, 4) is 0 Å². The van der Waals surface area contributed by atoms with E-state index in [0.717, 1.165) is 25.4 Å². The van der Waals surface area contributed by atoms with Crippen LogP contribution in [0.1, 0.15) is 13.8 Å². The first kappa shape index (κ1) is 15.9. The molecule has 2 rings (SSSR count). The summed E-state index contributed by atoms with van der Waals surface area (Å²) in [5.41, 5.74) is 0.564. The summed E-state index contributed by atoms with van der Waals surface area (Å²) in [6.45, 7) is 7.63.